The Morgan fingerprint density at radius 3 is 2.35 bits per heavy atom. The molecule has 0 aliphatic heterocycles. The number of rotatable bonds is 8. The first kappa shape index (κ1) is 31.2. The Balaban J connectivity index is 1.61. The Hall–Kier alpha value is -4.73. The number of alkyl halides is 6. The van der Waals surface area contributed by atoms with E-state index in [2.05, 4.69) is 20.6 Å². The van der Waals surface area contributed by atoms with E-state index in [1.165, 1.54) is 18.3 Å². The van der Waals surface area contributed by atoms with E-state index in [9.17, 15) is 40.3 Å². The molecule has 0 fully saturated rings. The summed E-state index contributed by atoms with van der Waals surface area (Å²) in [6.07, 6.45) is -8.27. The lowest BCUT2D eigenvalue weighted by atomic mass is 10.2. The second kappa shape index (κ2) is 12.2. The predicted molar refractivity (Wildman–Crippen MR) is 138 cm³/mol. The van der Waals surface area contributed by atoms with Crippen LogP contribution in [0, 0.1) is 5.82 Å². The molecule has 2 amide bonds. The van der Waals surface area contributed by atoms with E-state index >= 15 is 0 Å². The van der Waals surface area contributed by atoms with Crippen LogP contribution in [0.5, 0.6) is 11.5 Å². The smallest absolute Gasteiger partial charge is 0.435 e. The van der Waals surface area contributed by atoms with Gasteiger partial charge < -0.3 is 15.4 Å². The van der Waals surface area contributed by atoms with Gasteiger partial charge in [-0.1, -0.05) is 23.7 Å². The number of amides is 2. The molecule has 226 valence electrons. The Kier molecular flexibility index (Phi) is 8.89. The summed E-state index contributed by atoms with van der Waals surface area (Å²) in [6, 6.07) is 7.26. The molecule has 0 spiro atoms. The Labute approximate surface area is 242 Å². The number of carbonyl (C=O) groups is 2. The maximum Gasteiger partial charge on any atom is 0.435 e. The van der Waals surface area contributed by atoms with Crippen molar-refractivity contribution in [3.63, 3.8) is 0 Å². The highest BCUT2D eigenvalue weighted by Gasteiger charge is 2.43. The highest BCUT2D eigenvalue weighted by atomic mass is 35.5. The van der Waals surface area contributed by atoms with Gasteiger partial charge in [-0.25, -0.2) is 14.1 Å². The van der Waals surface area contributed by atoms with Gasteiger partial charge in [-0.3, -0.25) is 9.59 Å². The summed E-state index contributed by atoms with van der Waals surface area (Å²) in [7, 11) is 0. The van der Waals surface area contributed by atoms with Crippen LogP contribution in [0.2, 0.25) is 5.02 Å². The Bertz CT molecular complexity index is 1670. The zero-order chi connectivity index (χ0) is 31.5. The lowest BCUT2D eigenvalue weighted by molar-refractivity contribution is -0.143. The molecule has 9 nitrogen and oxygen atoms in total. The predicted octanol–water partition coefficient (Wildman–Crippen LogP) is 6.68. The van der Waals surface area contributed by atoms with Crippen LogP contribution >= 0.6 is 11.6 Å². The fourth-order valence-electron chi connectivity index (χ4n) is 3.64. The summed E-state index contributed by atoms with van der Waals surface area (Å²) in [4.78, 5) is 29.1. The Morgan fingerprint density at radius 2 is 1.70 bits per heavy atom. The number of hydrogen-bond donors (Lipinski definition) is 2. The summed E-state index contributed by atoms with van der Waals surface area (Å²) in [5, 5.41) is 10.5. The molecular formula is C26H18ClF7N6O3. The van der Waals surface area contributed by atoms with Crippen molar-refractivity contribution in [2.45, 2.75) is 25.7 Å². The van der Waals surface area contributed by atoms with Crippen molar-refractivity contribution in [3.8, 4) is 17.2 Å². The van der Waals surface area contributed by atoms with Gasteiger partial charge in [-0.05, 0) is 48.9 Å². The third kappa shape index (κ3) is 7.02. The standard InChI is InChI=1S/C26H18ClF7N6O3/c1-2-9-36-23(41)20-19(4-3-10-35-20)43-18-8-6-14(12-16(18)28)37-24(42)21-22(26(32,33)34)40(39-38-21)17-11-13(25(29,30)31)5-7-15(17)27/h3-8,10-12H,2,9H2,1H3,(H,36,41)(H,37,42). The highest BCUT2D eigenvalue weighted by Crippen LogP contribution is 2.37. The first-order valence-electron chi connectivity index (χ1n) is 12.1. The molecule has 17 heteroatoms. The number of aromatic nitrogens is 4. The first-order valence-corrected chi connectivity index (χ1v) is 12.5. The molecular weight excluding hydrogens is 613 g/mol. The van der Waals surface area contributed by atoms with Gasteiger partial charge in [0.25, 0.3) is 11.8 Å². The molecule has 0 aliphatic rings. The molecule has 43 heavy (non-hydrogen) atoms. The van der Waals surface area contributed by atoms with E-state index in [0.717, 1.165) is 24.3 Å². The van der Waals surface area contributed by atoms with Crippen LogP contribution in [0.3, 0.4) is 0 Å². The largest absolute Gasteiger partial charge is 0.452 e. The van der Waals surface area contributed by atoms with Crippen LogP contribution in [0.15, 0.2) is 54.7 Å². The van der Waals surface area contributed by atoms with Crippen molar-refractivity contribution >= 4 is 29.1 Å². The average Bonchev–Trinajstić information content (AvgIpc) is 3.39. The summed E-state index contributed by atoms with van der Waals surface area (Å²) < 4.78 is 102. The second-order valence-electron chi connectivity index (χ2n) is 8.67. The number of hydrogen-bond acceptors (Lipinski definition) is 6. The minimum absolute atomic E-state index is 0.0356. The van der Waals surface area contributed by atoms with E-state index in [-0.39, 0.29) is 21.8 Å². The number of pyridine rings is 1. The lowest BCUT2D eigenvalue weighted by Gasteiger charge is -2.14. The van der Waals surface area contributed by atoms with Crippen molar-refractivity contribution in [1.82, 2.24) is 25.3 Å². The maximum atomic E-state index is 14.9. The molecule has 0 saturated carbocycles. The number of ether oxygens (including phenoxy) is 1. The minimum atomic E-state index is -5.33. The summed E-state index contributed by atoms with van der Waals surface area (Å²) in [5.74, 6) is -3.64. The van der Waals surface area contributed by atoms with Gasteiger partial charge in [-0.2, -0.15) is 26.3 Å². The molecule has 2 aromatic carbocycles. The third-order valence-electron chi connectivity index (χ3n) is 5.59. The number of nitrogens with one attached hydrogen (secondary N) is 2. The van der Waals surface area contributed by atoms with Gasteiger partial charge in [0.1, 0.15) is 0 Å². The minimum Gasteiger partial charge on any atom is -0.452 e. The van der Waals surface area contributed by atoms with Crippen LogP contribution in [-0.4, -0.2) is 38.3 Å². The van der Waals surface area contributed by atoms with Crippen molar-refractivity contribution in [2.24, 2.45) is 0 Å². The van der Waals surface area contributed by atoms with E-state index in [1.54, 1.807) is 0 Å². The first-order chi connectivity index (χ1) is 20.2. The van der Waals surface area contributed by atoms with Crippen LogP contribution in [0.25, 0.3) is 5.69 Å². The van der Waals surface area contributed by atoms with Gasteiger partial charge in [0.15, 0.2) is 34.4 Å². The summed E-state index contributed by atoms with van der Waals surface area (Å²) in [6.45, 7) is 2.19. The summed E-state index contributed by atoms with van der Waals surface area (Å²) in [5.41, 5.74) is -5.75. The normalized spacial score (nSPS) is 11.7. The van der Waals surface area contributed by atoms with Crippen molar-refractivity contribution in [2.75, 3.05) is 11.9 Å². The van der Waals surface area contributed by atoms with Crippen molar-refractivity contribution in [1.29, 1.82) is 0 Å². The fourth-order valence-corrected chi connectivity index (χ4v) is 3.84. The van der Waals surface area contributed by atoms with Gasteiger partial charge in [0.05, 0.1) is 16.3 Å². The van der Waals surface area contributed by atoms with Crippen LogP contribution in [0.4, 0.5) is 36.4 Å². The number of carbonyl (C=O) groups excluding carboxylic acids is 2. The zero-order valence-corrected chi connectivity index (χ0v) is 22.4. The molecule has 0 saturated heterocycles. The van der Waals surface area contributed by atoms with Crippen LogP contribution < -0.4 is 15.4 Å². The van der Waals surface area contributed by atoms with E-state index < -0.39 is 63.4 Å². The zero-order valence-electron chi connectivity index (χ0n) is 21.6. The third-order valence-corrected chi connectivity index (χ3v) is 5.91. The fraction of sp³-hybridized carbons (Fsp3) is 0.192. The van der Waals surface area contributed by atoms with E-state index in [1.807, 2.05) is 12.2 Å². The quantitative estimate of drug-likeness (QED) is 0.210. The molecule has 4 aromatic rings. The number of anilines is 1. The van der Waals surface area contributed by atoms with Crippen LogP contribution in [-0.2, 0) is 12.4 Å². The van der Waals surface area contributed by atoms with Gasteiger partial charge in [0.2, 0.25) is 0 Å². The van der Waals surface area contributed by atoms with Crippen LogP contribution in [0.1, 0.15) is 45.6 Å². The van der Waals surface area contributed by atoms with Gasteiger partial charge in [-0.15, -0.1) is 5.10 Å². The number of benzene rings is 2. The molecule has 4 rings (SSSR count). The van der Waals surface area contributed by atoms with Crippen molar-refractivity contribution in [3.05, 3.63) is 88.2 Å². The molecule has 2 heterocycles. The molecule has 0 atom stereocenters. The van der Waals surface area contributed by atoms with Crippen molar-refractivity contribution < 1.29 is 45.1 Å². The average molecular weight is 631 g/mol. The van der Waals surface area contributed by atoms with Gasteiger partial charge in [0, 0.05) is 24.5 Å². The number of nitrogens with zero attached hydrogens (tertiary/aromatic N) is 4. The molecule has 2 N–H and O–H groups in total. The summed E-state index contributed by atoms with van der Waals surface area (Å²) >= 11 is 5.86. The number of halogens is 8. The van der Waals surface area contributed by atoms with E-state index in [0.29, 0.717) is 25.1 Å². The lowest BCUT2D eigenvalue weighted by Crippen LogP contribution is -2.25. The monoisotopic (exact) mass is 630 g/mol. The molecule has 0 unspecified atom stereocenters. The molecule has 0 radical (unpaired) electrons. The van der Waals surface area contributed by atoms with Gasteiger partial charge >= 0.3 is 12.4 Å². The molecule has 2 aromatic heterocycles. The second-order valence-corrected chi connectivity index (χ2v) is 9.07. The Morgan fingerprint density at radius 1 is 0.953 bits per heavy atom. The molecule has 0 bridgehead atoms. The highest BCUT2D eigenvalue weighted by molar-refractivity contribution is 6.32. The maximum absolute atomic E-state index is 14.9. The topological polar surface area (TPSA) is 111 Å². The van der Waals surface area contributed by atoms with E-state index in [4.69, 9.17) is 16.3 Å². The molecule has 0 aliphatic carbocycles. The SMILES string of the molecule is CCCNC(=O)c1ncccc1Oc1ccc(NC(=O)c2nnn(-c3cc(C(F)(F)F)ccc3Cl)c2C(F)(F)F)cc1F.